The number of halogens is 2. The Morgan fingerprint density at radius 1 is 1.25 bits per heavy atom. The topological polar surface area (TPSA) is 21.3 Å². The molecule has 0 bridgehead atoms. The molecule has 0 heterocycles. The molecule has 2 aromatic rings. The summed E-state index contributed by atoms with van der Waals surface area (Å²) in [6.07, 6.45) is 0.824. The lowest BCUT2D eigenvalue weighted by Gasteiger charge is -2.18. The Labute approximate surface area is 127 Å². The zero-order valence-corrected chi connectivity index (χ0v) is 13.1. The third-order valence-electron chi connectivity index (χ3n) is 3.25. The Hall–Kier alpha value is -1.39. The molecular formula is C16H17BrFNO. The van der Waals surface area contributed by atoms with Crippen LogP contribution in [-0.4, -0.2) is 14.2 Å². The molecule has 106 valence electrons. The lowest BCUT2D eigenvalue weighted by atomic mass is 9.99. The largest absolute Gasteiger partial charge is 0.494 e. The average molecular weight is 338 g/mol. The Morgan fingerprint density at radius 2 is 2.05 bits per heavy atom. The molecule has 0 radical (unpaired) electrons. The van der Waals surface area contributed by atoms with Gasteiger partial charge in [0.2, 0.25) is 0 Å². The van der Waals surface area contributed by atoms with Crippen LogP contribution in [0.5, 0.6) is 5.75 Å². The van der Waals surface area contributed by atoms with Crippen molar-refractivity contribution in [3.63, 3.8) is 0 Å². The Kier molecular flexibility index (Phi) is 5.15. The Morgan fingerprint density at radius 3 is 2.70 bits per heavy atom. The summed E-state index contributed by atoms with van der Waals surface area (Å²) in [6, 6.07) is 13.3. The minimum absolute atomic E-state index is 0.110. The molecule has 0 aliphatic rings. The van der Waals surface area contributed by atoms with Crippen LogP contribution in [0, 0.1) is 5.82 Å². The maximum Gasteiger partial charge on any atom is 0.165 e. The molecule has 0 amide bonds. The van der Waals surface area contributed by atoms with Crippen molar-refractivity contribution in [2.45, 2.75) is 12.5 Å². The van der Waals surface area contributed by atoms with Crippen molar-refractivity contribution in [1.82, 2.24) is 5.32 Å². The van der Waals surface area contributed by atoms with Gasteiger partial charge < -0.3 is 10.1 Å². The standard InChI is InChI=1S/C16H17BrFNO/c1-19-15(9-11-4-3-5-13(17)8-11)12-6-7-14(18)16(10-12)20-2/h3-8,10,15,19H,9H2,1-2H3. The van der Waals surface area contributed by atoms with E-state index in [1.54, 1.807) is 12.1 Å². The predicted octanol–water partition coefficient (Wildman–Crippen LogP) is 4.10. The molecule has 0 aromatic heterocycles. The molecule has 1 atom stereocenters. The summed E-state index contributed by atoms with van der Waals surface area (Å²) in [5.41, 5.74) is 2.22. The highest BCUT2D eigenvalue weighted by molar-refractivity contribution is 9.10. The van der Waals surface area contributed by atoms with E-state index in [2.05, 4.69) is 33.4 Å². The van der Waals surface area contributed by atoms with Crippen molar-refractivity contribution in [2.24, 2.45) is 0 Å². The Balaban J connectivity index is 2.24. The summed E-state index contributed by atoms with van der Waals surface area (Å²) in [6.45, 7) is 0. The van der Waals surface area contributed by atoms with Crippen LogP contribution in [0.4, 0.5) is 4.39 Å². The van der Waals surface area contributed by atoms with Crippen LogP contribution in [0.15, 0.2) is 46.9 Å². The van der Waals surface area contributed by atoms with Gasteiger partial charge in [0.1, 0.15) is 0 Å². The summed E-state index contributed by atoms with van der Waals surface area (Å²) in [5, 5.41) is 3.26. The van der Waals surface area contributed by atoms with Crippen LogP contribution in [0.25, 0.3) is 0 Å². The number of ether oxygens (including phenoxy) is 1. The van der Waals surface area contributed by atoms with Gasteiger partial charge in [-0.2, -0.15) is 0 Å². The van der Waals surface area contributed by atoms with Crippen LogP contribution in [0.2, 0.25) is 0 Å². The van der Waals surface area contributed by atoms with E-state index >= 15 is 0 Å². The highest BCUT2D eigenvalue weighted by atomic mass is 79.9. The molecule has 0 aliphatic heterocycles. The van der Waals surface area contributed by atoms with E-state index < -0.39 is 0 Å². The first-order chi connectivity index (χ1) is 9.63. The van der Waals surface area contributed by atoms with Crippen LogP contribution in [-0.2, 0) is 6.42 Å². The number of nitrogens with one attached hydrogen (secondary N) is 1. The van der Waals surface area contributed by atoms with Crippen LogP contribution < -0.4 is 10.1 Å². The second-order valence-electron chi connectivity index (χ2n) is 4.57. The van der Waals surface area contributed by atoms with Crippen molar-refractivity contribution in [3.8, 4) is 5.75 Å². The molecule has 0 saturated heterocycles. The van der Waals surface area contributed by atoms with Crippen molar-refractivity contribution in [1.29, 1.82) is 0 Å². The molecule has 2 nitrogen and oxygen atoms in total. The van der Waals surface area contributed by atoms with Gasteiger partial charge in [-0.05, 0) is 48.9 Å². The van der Waals surface area contributed by atoms with E-state index in [9.17, 15) is 4.39 Å². The summed E-state index contributed by atoms with van der Waals surface area (Å²) in [5.74, 6) is -0.0643. The number of methoxy groups -OCH3 is 1. The van der Waals surface area contributed by atoms with Gasteiger partial charge >= 0.3 is 0 Å². The quantitative estimate of drug-likeness (QED) is 0.886. The highest BCUT2D eigenvalue weighted by Crippen LogP contribution is 2.25. The smallest absolute Gasteiger partial charge is 0.165 e. The van der Waals surface area contributed by atoms with Gasteiger partial charge in [-0.3, -0.25) is 0 Å². The second kappa shape index (κ2) is 6.86. The zero-order chi connectivity index (χ0) is 14.5. The summed E-state index contributed by atoms with van der Waals surface area (Å²) in [4.78, 5) is 0. The van der Waals surface area contributed by atoms with Crippen molar-refractivity contribution in [2.75, 3.05) is 14.2 Å². The fraction of sp³-hybridized carbons (Fsp3) is 0.250. The zero-order valence-electron chi connectivity index (χ0n) is 11.5. The van der Waals surface area contributed by atoms with Gasteiger partial charge in [-0.1, -0.05) is 34.1 Å². The fourth-order valence-corrected chi connectivity index (χ4v) is 2.63. The van der Waals surface area contributed by atoms with Crippen LogP contribution in [0.1, 0.15) is 17.2 Å². The third kappa shape index (κ3) is 3.58. The summed E-state index contributed by atoms with van der Waals surface area (Å²) in [7, 11) is 3.38. The molecule has 0 fully saturated rings. The molecular weight excluding hydrogens is 321 g/mol. The number of benzene rings is 2. The average Bonchev–Trinajstić information content (AvgIpc) is 2.45. The molecule has 2 rings (SSSR count). The number of hydrogen-bond acceptors (Lipinski definition) is 2. The minimum Gasteiger partial charge on any atom is -0.494 e. The van der Waals surface area contributed by atoms with Gasteiger partial charge in [0.25, 0.3) is 0 Å². The van der Waals surface area contributed by atoms with Gasteiger partial charge in [0.05, 0.1) is 7.11 Å². The van der Waals surface area contributed by atoms with Gasteiger partial charge in [0, 0.05) is 10.5 Å². The molecule has 1 N–H and O–H groups in total. The molecule has 2 aromatic carbocycles. The van der Waals surface area contributed by atoms with E-state index in [-0.39, 0.29) is 17.6 Å². The van der Waals surface area contributed by atoms with Crippen molar-refractivity contribution in [3.05, 3.63) is 63.9 Å². The molecule has 0 aliphatic carbocycles. The summed E-state index contributed by atoms with van der Waals surface area (Å²) < 4.78 is 19.6. The first-order valence-corrected chi connectivity index (χ1v) is 7.18. The maximum atomic E-state index is 13.5. The van der Waals surface area contributed by atoms with Crippen LogP contribution >= 0.6 is 15.9 Å². The van der Waals surface area contributed by atoms with E-state index in [1.807, 2.05) is 19.2 Å². The predicted molar refractivity (Wildman–Crippen MR) is 82.6 cm³/mol. The molecule has 4 heteroatoms. The van der Waals surface area contributed by atoms with E-state index in [1.165, 1.54) is 18.7 Å². The Bertz CT molecular complexity index is 588. The molecule has 1 unspecified atom stereocenters. The third-order valence-corrected chi connectivity index (χ3v) is 3.75. The fourth-order valence-electron chi connectivity index (χ4n) is 2.18. The molecule has 20 heavy (non-hydrogen) atoms. The number of likely N-dealkylation sites (N-methyl/N-ethyl adjacent to an activating group) is 1. The second-order valence-corrected chi connectivity index (χ2v) is 5.48. The van der Waals surface area contributed by atoms with Gasteiger partial charge in [0.15, 0.2) is 11.6 Å². The van der Waals surface area contributed by atoms with E-state index in [0.29, 0.717) is 0 Å². The van der Waals surface area contributed by atoms with Gasteiger partial charge in [-0.25, -0.2) is 4.39 Å². The normalized spacial score (nSPS) is 12.2. The van der Waals surface area contributed by atoms with E-state index in [0.717, 1.165) is 16.5 Å². The molecule has 0 spiro atoms. The lowest BCUT2D eigenvalue weighted by Crippen LogP contribution is -2.19. The highest BCUT2D eigenvalue weighted by Gasteiger charge is 2.13. The maximum absolute atomic E-state index is 13.5. The number of rotatable bonds is 5. The molecule has 0 saturated carbocycles. The van der Waals surface area contributed by atoms with E-state index in [4.69, 9.17) is 4.74 Å². The summed E-state index contributed by atoms with van der Waals surface area (Å²) >= 11 is 3.47. The number of hydrogen-bond donors (Lipinski definition) is 1. The lowest BCUT2D eigenvalue weighted by molar-refractivity contribution is 0.385. The van der Waals surface area contributed by atoms with Crippen molar-refractivity contribution < 1.29 is 9.13 Å². The van der Waals surface area contributed by atoms with Gasteiger partial charge in [-0.15, -0.1) is 0 Å². The van der Waals surface area contributed by atoms with Crippen LogP contribution in [0.3, 0.4) is 0 Å². The van der Waals surface area contributed by atoms with Crippen molar-refractivity contribution >= 4 is 15.9 Å². The minimum atomic E-state index is -0.339. The first-order valence-electron chi connectivity index (χ1n) is 6.39. The first kappa shape index (κ1) is 15.0. The SMILES string of the molecule is CNC(Cc1cccc(Br)c1)c1ccc(F)c(OC)c1. The monoisotopic (exact) mass is 337 g/mol.